The predicted molar refractivity (Wildman–Crippen MR) is 221 cm³/mol. The molecule has 0 atom stereocenters. The van der Waals surface area contributed by atoms with E-state index in [1.807, 2.05) is 18.2 Å². The number of para-hydroxylation sites is 1. The van der Waals surface area contributed by atoms with Crippen molar-refractivity contribution in [2.45, 2.75) is 19.3 Å². The van der Waals surface area contributed by atoms with Crippen LogP contribution < -0.4 is 0 Å². The molecule has 1 aliphatic carbocycles. The van der Waals surface area contributed by atoms with Crippen LogP contribution >= 0.6 is 0 Å². The molecule has 0 unspecified atom stereocenters. The summed E-state index contributed by atoms with van der Waals surface area (Å²) in [6.07, 6.45) is 0. The zero-order valence-electron chi connectivity index (χ0n) is 29.8. The summed E-state index contributed by atoms with van der Waals surface area (Å²) in [4.78, 5) is 15.4. The monoisotopic (exact) mass is 691 g/mol. The highest BCUT2D eigenvalue weighted by Crippen LogP contribution is 2.49. The summed E-state index contributed by atoms with van der Waals surface area (Å²) in [7, 11) is 0. The molecule has 54 heavy (non-hydrogen) atoms. The van der Waals surface area contributed by atoms with Crippen molar-refractivity contribution in [3.8, 4) is 56.4 Å². The highest BCUT2D eigenvalue weighted by molar-refractivity contribution is 6.14. The van der Waals surface area contributed by atoms with Crippen LogP contribution in [-0.4, -0.2) is 15.0 Å². The Labute approximate surface area is 312 Å². The van der Waals surface area contributed by atoms with Crippen molar-refractivity contribution in [2.75, 3.05) is 0 Å². The Hall–Kier alpha value is -6.91. The van der Waals surface area contributed by atoms with Crippen LogP contribution in [0.25, 0.3) is 99.9 Å². The Morgan fingerprint density at radius 2 is 0.963 bits per heavy atom. The van der Waals surface area contributed by atoms with E-state index in [1.165, 1.54) is 49.4 Å². The minimum Gasteiger partial charge on any atom is -0.456 e. The standard InChI is InChI=1S/C50H33N3O/c1-50(2)42-16-7-5-13-38(42)39-26-24-34(28-43(39)50)48-51-47(52-49(53-48)35-25-27-41-40-14-6-8-17-44(40)54-45(41)29-35)33-22-19-31(20-23-33)37-15-9-11-32-21-18-30-10-3-4-12-36(30)46(32)37/h3-29H,1-2H3. The molecule has 254 valence electrons. The smallest absolute Gasteiger partial charge is 0.164 e. The van der Waals surface area contributed by atoms with E-state index < -0.39 is 0 Å². The zero-order chi connectivity index (χ0) is 36.0. The van der Waals surface area contributed by atoms with Crippen LogP contribution in [0.5, 0.6) is 0 Å². The Morgan fingerprint density at radius 1 is 0.389 bits per heavy atom. The molecule has 0 spiro atoms. The minimum atomic E-state index is -0.143. The average molecular weight is 692 g/mol. The van der Waals surface area contributed by atoms with E-state index in [4.69, 9.17) is 19.4 Å². The fourth-order valence-corrected chi connectivity index (χ4v) is 8.57. The van der Waals surface area contributed by atoms with Crippen molar-refractivity contribution in [3.63, 3.8) is 0 Å². The van der Waals surface area contributed by atoms with Crippen LogP contribution in [0, 0.1) is 0 Å². The summed E-state index contributed by atoms with van der Waals surface area (Å²) in [5, 5.41) is 7.14. The van der Waals surface area contributed by atoms with Gasteiger partial charge >= 0.3 is 0 Å². The molecule has 2 aromatic heterocycles. The van der Waals surface area contributed by atoms with Gasteiger partial charge in [-0.05, 0) is 79.2 Å². The first-order valence-corrected chi connectivity index (χ1v) is 18.4. The normalized spacial score (nSPS) is 13.1. The van der Waals surface area contributed by atoms with Crippen molar-refractivity contribution in [3.05, 3.63) is 175 Å². The molecule has 0 saturated carbocycles. The Balaban J connectivity index is 1.06. The molecule has 4 nitrogen and oxygen atoms in total. The fourth-order valence-electron chi connectivity index (χ4n) is 8.57. The summed E-state index contributed by atoms with van der Waals surface area (Å²) in [5.74, 6) is 1.86. The van der Waals surface area contributed by atoms with Gasteiger partial charge in [-0.15, -0.1) is 0 Å². The van der Waals surface area contributed by atoms with E-state index in [2.05, 4.69) is 159 Å². The van der Waals surface area contributed by atoms with Gasteiger partial charge in [0.25, 0.3) is 0 Å². The molecule has 10 aromatic rings. The van der Waals surface area contributed by atoms with Crippen LogP contribution in [0.2, 0.25) is 0 Å². The van der Waals surface area contributed by atoms with Crippen LogP contribution in [0.15, 0.2) is 168 Å². The molecule has 0 fully saturated rings. The van der Waals surface area contributed by atoms with E-state index in [9.17, 15) is 0 Å². The molecule has 0 saturated heterocycles. The third-order valence-electron chi connectivity index (χ3n) is 11.3. The van der Waals surface area contributed by atoms with Gasteiger partial charge in [-0.1, -0.05) is 153 Å². The largest absolute Gasteiger partial charge is 0.456 e. The molecular formula is C50H33N3O. The quantitative estimate of drug-likeness (QED) is 0.172. The molecule has 0 amide bonds. The maximum absolute atomic E-state index is 6.29. The first-order valence-electron chi connectivity index (χ1n) is 18.4. The lowest BCUT2D eigenvalue weighted by atomic mass is 9.82. The molecule has 0 aliphatic heterocycles. The maximum Gasteiger partial charge on any atom is 0.164 e. The average Bonchev–Trinajstić information content (AvgIpc) is 3.71. The lowest BCUT2D eigenvalue weighted by Gasteiger charge is -2.21. The number of aromatic nitrogens is 3. The molecule has 11 rings (SSSR count). The van der Waals surface area contributed by atoms with Gasteiger partial charge in [0.1, 0.15) is 11.2 Å². The third-order valence-corrected chi connectivity index (χ3v) is 11.3. The van der Waals surface area contributed by atoms with E-state index in [0.29, 0.717) is 17.5 Å². The van der Waals surface area contributed by atoms with E-state index in [-0.39, 0.29) is 5.41 Å². The van der Waals surface area contributed by atoms with Gasteiger partial charge in [0.05, 0.1) is 0 Å². The summed E-state index contributed by atoms with van der Waals surface area (Å²) >= 11 is 0. The lowest BCUT2D eigenvalue weighted by Crippen LogP contribution is -2.15. The Morgan fingerprint density at radius 3 is 1.81 bits per heavy atom. The molecule has 1 aliphatic rings. The number of fused-ring (bicyclic) bond motifs is 9. The first kappa shape index (κ1) is 30.7. The SMILES string of the molecule is CC1(C)c2ccccc2-c2ccc(-c3nc(-c4ccc(-c5cccc6ccc7ccccc7c56)cc4)nc(-c4ccc5c(c4)oc4ccccc45)n3)cc21. The fraction of sp³-hybridized carbons (Fsp3) is 0.0600. The lowest BCUT2D eigenvalue weighted by molar-refractivity contribution is 0.660. The van der Waals surface area contributed by atoms with Crippen molar-refractivity contribution in [2.24, 2.45) is 0 Å². The maximum atomic E-state index is 6.29. The molecule has 4 heteroatoms. The minimum absolute atomic E-state index is 0.143. The highest BCUT2D eigenvalue weighted by Gasteiger charge is 2.35. The van der Waals surface area contributed by atoms with Crippen LogP contribution in [0.4, 0.5) is 0 Å². The van der Waals surface area contributed by atoms with Gasteiger partial charge in [0, 0.05) is 32.9 Å². The van der Waals surface area contributed by atoms with Crippen LogP contribution in [-0.2, 0) is 5.41 Å². The molecule has 8 aromatic carbocycles. The summed E-state index contributed by atoms with van der Waals surface area (Å²) in [6.45, 7) is 4.60. The Bertz CT molecular complexity index is 3140. The third kappa shape index (κ3) is 4.66. The topological polar surface area (TPSA) is 51.8 Å². The number of rotatable bonds is 4. The number of benzene rings is 8. The first-order chi connectivity index (χ1) is 26.5. The number of furan rings is 1. The molecule has 2 heterocycles. The highest BCUT2D eigenvalue weighted by atomic mass is 16.3. The van der Waals surface area contributed by atoms with Crippen LogP contribution in [0.1, 0.15) is 25.0 Å². The van der Waals surface area contributed by atoms with E-state index >= 15 is 0 Å². The summed E-state index contributed by atoms with van der Waals surface area (Å²) in [6, 6.07) is 57.9. The van der Waals surface area contributed by atoms with Gasteiger partial charge in [-0.2, -0.15) is 0 Å². The molecule has 0 radical (unpaired) electrons. The number of nitrogens with zero attached hydrogens (tertiary/aromatic N) is 3. The van der Waals surface area contributed by atoms with Crippen molar-refractivity contribution >= 4 is 43.5 Å². The van der Waals surface area contributed by atoms with E-state index in [1.54, 1.807) is 0 Å². The number of hydrogen-bond acceptors (Lipinski definition) is 4. The van der Waals surface area contributed by atoms with E-state index in [0.717, 1.165) is 44.2 Å². The van der Waals surface area contributed by atoms with Crippen molar-refractivity contribution in [1.82, 2.24) is 15.0 Å². The van der Waals surface area contributed by atoms with Gasteiger partial charge in [-0.3, -0.25) is 0 Å². The summed E-state index contributed by atoms with van der Waals surface area (Å²) < 4.78 is 6.29. The Kier molecular flexibility index (Phi) is 6.56. The second-order valence-corrected chi connectivity index (χ2v) is 14.8. The number of hydrogen-bond donors (Lipinski definition) is 0. The van der Waals surface area contributed by atoms with Gasteiger partial charge in [0.15, 0.2) is 17.5 Å². The second kappa shape index (κ2) is 11.5. The molecule has 0 N–H and O–H groups in total. The van der Waals surface area contributed by atoms with Gasteiger partial charge in [-0.25, -0.2) is 15.0 Å². The summed E-state index contributed by atoms with van der Waals surface area (Å²) in [5.41, 5.74) is 11.8. The predicted octanol–water partition coefficient (Wildman–Crippen LogP) is 13.1. The van der Waals surface area contributed by atoms with Crippen molar-refractivity contribution < 1.29 is 4.42 Å². The van der Waals surface area contributed by atoms with Gasteiger partial charge in [0.2, 0.25) is 0 Å². The molecular weight excluding hydrogens is 659 g/mol. The van der Waals surface area contributed by atoms with Crippen molar-refractivity contribution in [1.29, 1.82) is 0 Å². The van der Waals surface area contributed by atoms with Gasteiger partial charge < -0.3 is 4.42 Å². The second-order valence-electron chi connectivity index (χ2n) is 14.8. The molecule has 0 bridgehead atoms. The van der Waals surface area contributed by atoms with Crippen LogP contribution in [0.3, 0.4) is 0 Å². The zero-order valence-corrected chi connectivity index (χ0v) is 29.8.